The first kappa shape index (κ1) is 11.1. The first-order valence-electron chi connectivity index (χ1n) is 4.81. The van der Waals surface area contributed by atoms with Crippen LogP contribution in [0.4, 0.5) is 11.4 Å². The molecular formula is C13H16N2. The van der Waals surface area contributed by atoms with E-state index >= 15 is 0 Å². The van der Waals surface area contributed by atoms with E-state index in [9.17, 15) is 0 Å². The molecule has 0 saturated heterocycles. The molecule has 1 aromatic rings. The third-order valence-electron chi connectivity index (χ3n) is 1.85. The molecule has 0 aliphatic rings. The van der Waals surface area contributed by atoms with Gasteiger partial charge in [0.15, 0.2) is 0 Å². The Kier molecular flexibility index (Phi) is 4.23. The molecule has 3 N–H and O–H groups in total. The van der Waals surface area contributed by atoms with Crippen LogP contribution in [-0.2, 0) is 0 Å². The predicted octanol–water partition coefficient (Wildman–Crippen LogP) is 3.33. The van der Waals surface area contributed by atoms with Gasteiger partial charge in [0.2, 0.25) is 0 Å². The summed E-state index contributed by atoms with van der Waals surface area (Å²) in [5.41, 5.74) is 8.46. The van der Waals surface area contributed by atoms with Gasteiger partial charge < -0.3 is 11.1 Å². The van der Waals surface area contributed by atoms with Crippen LogP contribution >= 0.6 is 0 Å². The van der Waals surface area contributed by atoms with Crippen molar-refractivity contribution in [1.82, 2.24) is 0 Å². The first-order valence-corrected chi connectivity index (χ1v) is 4.81. The van der Waals surface area contributed by atoms with Crippen LogP contribution in [0.15, 0.2) is 60.8 Å². The Labute approximate surface area is 90.8 Å². The lowest BCUT2D eigenvalue weighted by molar-refractivity contribution is 1.38. The second-order valence-electron chi connectivity index (χ2n) is 3.22. The summed E-state index contributed by atoms with van der Waals surface area (Å²) >= 11 is 0. The van der Waals surface area contributed by atoms with Gasteiger partial charge in [-0.1, -0.05) is 24.8 Å². The molecule has 78 valence electrons. The molecule has 0 amide bonds. The Morgan fingerprint density at radius 1 is 1.27 bits per heavy atom. The van der Waals surface area contributed by atoms with Crippen molar-refractivity contribution in [2.75, 3.05) is 11.1 Å². The summed E-state index contributed by atoms with van der Waals surface area (Å²) in [7, 11) is 0. The van der Waals surface area contributed by atoms with Gasteiger partial charge in [0.25, 0.3) is 0 Å². The average molecular weight is 200 g/mol. The number of nitrogens with two attached hydrogens (primary N) is 1. The van der Waals surface area contributed by atoms with Crippen LogP contribution in [0.3, 0.4) is 0 Å². The molecule has 0 aromatic heterocycles. The Bertz CT molecular complexity index is 372. The number of nitrogens with one attached hydrogen (secondary N) is 1. The third-order valence-corrected chi connectivity index (χ3v) is 1.85. The Balaban J connectivity index is 2.61. The van der Waals surface area contributed by atoms with E-state index in [0.717, 1.165) is 17.1 Å². The maximum atomic E-state index is 5.59. The van der Waals surface area contributed by atoms with Crippen molar-refractivity contribution >= 4 is 11.4 Å². The maximum absolute atomic E-state index is 5.59. The lowest BCUT2D eigenvalue weighted by atomic mass is 10.2. The van der Waals surface area contributed by atoms with E-state index < -0.39 is 0 Å². The van der Waals surface area contributed by atoms with Gasteiger partial charge in [0.05, 0.1) is 0 Å². The molecule has 0 aliphatic carbocycles. The Hall–Kier alpha value is -1.96. The predicted molar refractivity (Wildman–Crippen MR) is 67.6 cm³/mol. The summed E-state index contributed by atoms with van der Waals surface area (Å²) in [4.78, 5) is 0. The van der Waals surface area contributed by atoms with E-state index in [1.807, 2.05) is 49.4 Å². The molecule has 0 heterocycles. The molecule has 0 unspecified atom stereocenters. The first-order chi connectivity index (χ1) is 7.22. The number of rotatable bonds is 4. The van der Waals surface area contributed by atoms with Crippen molar-refractivity contribution in [2.24, 2.45) is 0 Å². The minimum Gasteiger partial charge on any atom is -0.399 e. The topological polar surface area (TPSA) is 38.0 Å². The van der Waals surface area contributed by atoms with E-state index in [1.54, 1.807) is 6.08 Å². The van der Waals surface area contributed by atoms with E-state index in [4.69, 9.17) is 5.73 Å². The third kappa shape index (κ3) is 4.18. The van der Waals surface area contributed by atoms with Gasteiger partial charge in [-0.25, -0.2) is 0 Å². The summed E-state index contributed by atoms with van der Waals surface area (Å²) in [5, 5.41) is 3.25. The zero-order valence-corrected chi connectivity index (χ0v) is 8.90. The molecule has 0 radical (unpaired) electrons. The zero-order chi connectivity index (χ0) is 11.1. The molecule has 0 atom stereocenters. The van der Waals surface area contributed by atoms with Crippen molar-refractivity contribution in [3.8, 4) is 0 Å². The van der Waals surface area contributed by atoms with Gasteiger partial charge in [-0.05, 0) is 37.3 Å². The molecule has 1 aromatic carbocycles. The smallest absolute Gasteiger partial charge is 0.0383 e. The fraction of sp³-hybridized carbons (Fsp3) is 0.0769. The second-order valence-corrected chi connectivity index (χ2v) is 3.22. The van der Waals surface area contributed by atoms with Crippen LogP contribution in [0.5, 0.6) is 0 Å². The summed E-state index contributed by atoms with van der Waals surface area (Å²) in [6, 6.07) is 7.64. The minimum atomic E-state index is 0.772. The highest BCUT2D eigenvalue weighted by molar-refractivity contribution is 5.54. The standard InChI is InChI=1S/C13H16N2/c1-3-4-5-6-11(2)15-13-9-7-12(14)8-10-13/h3-10,15H,1,14H2,2H3/b5-4-,11-6+. The number of hydrogen-bond donors (Lipinski definition) is 2. The normalized spacial score (nSPS) is 11.7. The number of anilines is 2. The van der Waals surface area contributed by atoms with Crippen LogP contribution in [0, 0.1) is 0 Å². The molecule has 0 aliphatic heterocycles. The van der Waals surface area contributed by atoms with Crippen molar-refractivity contribution < 1.29 is 0 Å². The van der Waals surface area contributed by atoms with Crippen LogP contribution in [-0.4, -0.2) is 0 Å². The van der Waals surface area contributed by atoms with E-state index in [1.165, 1.54) is 0 Å². The molecule has 1 rings (SSSR count). The molecule has 2 heteroatoms. The fourth-order valence-corrected chi connectivity index (χ4v) is 1.11. The highest BCUT2D eigenvalue weighted by Crippen LogP contribution is 2.12. The summed E-state index contributed by atoms with van der Waals surface area (Å²) in [6.07, 6.45) is 7.55. The molecule has 2 nitrogen and oxygen atoms in total. The van der Waals surface area contributed by atoms with Gasteiger partial charge in [0, 0.05) is 17.1 Å². The average Bonchev–Trinajstić information content (AvgIpc) is 2.22. The monoisotopic (exact) mass is 200 g/mol. The second kappa shape index (κ2) is 5.70. The lowest BCUT2D eigenvalue weighted by Gasteiger charge is -2.05. The Morgan fingerprint density at radius 3 is 2.53 bits per heavy atom. The van der Waals surface area contributed by atoms with E-state index in [2.05, 4.69) is 11.9 Å². The molecule has 0 bridgehead atoms. The largest absolute Gasteiger partial charge is 0.399 e. The van der Waals surface area contributed by atoms with Crippen molar-refractivity contribution in [3.63, 3.8) is 0 Å². The minimum absolute atomic E-state index is 0.772. The van der Waals surface area contributed by atoms with Crippen LogP contribution in [0.25, 0.3) is 0 Å². The molecule has 15 heavy (non-hydrogen) atoms. The van der Waals surface area contributed by atoms with Crippen molar-refractivity contribution in [2.45, 2.75) is 6.92 Å². The molecule has 0 fully saturated rings. The quantitative estimate of drug-likeness (QED) is 0.578. The van der Waals surface area contributed by atoms with Gasteiger partial charge in [-0.3, -0.25) is 0 Å². The summed E-state index contributed by atoms with van der Waals surface area (Å²) in [5.74, 6) is 0. The van der Waals surface area contributed by atoms with E-state index in [0.29, 0.717) is 0 Å². The highest BCUT2D eigenvalue weighted by atomic mass is 14.9. The van der Waals surface area contributed by atoms with Crippen LogP contribution in [0.2, 0.25) is 0 Å². The van der Waals surface area contributed by atoms with Crippen molar-refractivity contribution in [3.05, 3.63) is 60.8 Å². The van der Waals surface area contributed by atoms with Crippen molar-refractivity contribution in [1.29, 1.82) is 0 Å². The van der Waals surface area contributed by atoms with Crippen LogP contribution in [0.1, 0.15) is 6.92 Å². The van der Waals surface area contributed by atoms with Gasteiger partial charge >= 0.3 is 0 Å². The van der Waals surface area contributed by atoms with Crippen LogP contribution < -0.4 is 11.1 Å². The van der Waals surface area contributed by atoms with Gasteiger partial charge in [0.1, 0.15) is 0 Å². The van der Waals surface area contributed by atoms with Gasteiger partial charge in [-0.15, -0.1) is 0 Å². The van der Waals surface area contributed by atoms with Gasteiger partial charge in [-0.2, -0.15) is 0 Å². The zero-order valence-electron chi connectivity index (χ0n) is 8.90. The maximum Gasteiger partial charge on any atom is 0.0383 e. The summed E-state index contributed by atoms with van der Waals surface area (Å²) in [6.45, 7) is 5.60. The Morgan fingerprint density at radius 2 is 1.93 bits per heavy atom. The summed E-state index contributed by atoms with van der Waals surface area (Å²) < 4.78 is 0. The number of benzene rings is 1. The SMILES string of the molecule is C=C/C=C\C=C(/C)Nc1ccc(N)cc1. The number of nitrogen functional groups attached to an aromatic ring is 1. The molecule has 0 saturated carbocycles. The molecular weight excluding hydrogens is 184 g/mol. The highest BCUT2D eigenvalue weighted by Gasteiger charge is 1.91. The van der Waals surface area contributed by atoms with E-state index in [-0.39, 0.29) is 0 Å². The lowest BCUT2D eigenvalue weighted by Crippen LogP contribution is -1.95. The number of allylic oxidation sites excluding steroid dienone is 5. The molecule has 0 spiro atoms. The fourth-order valence-electron chi connectivity index (χ4n) is 1.11. The number of hydrogen-bond acceptors (Lipinski definition) is 2.